The minimum Gasteiger partial charge on any atom is -0.546 e. The Bertz CT molecular complexity index is 1270. The summed E-state index contributed by atoms with van der Waals surface area (Å²) >= 11 is 0. The van der Waals surface area contributed by atoms with Crippen LogP contribution in [0.3, 0.4) is 0 Å². The molecule has 0 aliphatic carbocycles. The number of amides is 1. The predicted octanol–water partition coefficient (Wildman–Crippen LogP) is 3.44. The Labute approximate surface area is 246 Å². The van der Waals surface area contributed by atoms with E-state index < -0.39 is 47.8 Å². The second kappa shape index (κ2) is 14.7. The van der Waals surface area contributed by atoms with Gasteiger partial charge in [0.15, 0.2) is 11.5 Å². The highest BCUT2D eigenvalue weighted by molar-refractivity contribution is 6.38. The predicted molar refractivity (Wildman–Crippen MR) is 152 cm³/mol. The van der Waals surface area contributed by atoms with Crippen molar-refractivity contribution in [3.8, 4) is 17.2 Å². The highest BCUT2D eigenvalue weighted by atomic mass is 16.5. The number of nitrogens with zero attached hydrogens (tertiary/aromatic N) is 1. The van der Waals surface area contributed by atoms with Gasteiger partial charge in [-0.2, -0.15) is 0 Å². The van der Waals surface area contributed by atoms with Crippen molar-refractivity contribution >= 4 is 23.6 Å². The van der Waals surface area contributed by atoms with E-state index in [2.05, 4.69) is 0 Å². The van der Waals surface area contributed by atoms with E-state index in [0.717, 1.165) is 12.0 Å². The summed E-state index contributed by atoms with van der Waals surface area (Å²) in [5.41, 5.74) is 0.674. The molecule has 0 spiro atoms. The lowest BCUT2D eigenvalue weighted by molar-refractivity contribution is -0.307. The zero-order chi connectivity index (χ0) is 30.9. The van der Waals surface area contributed by atoms with Gasteiger partial charge in [-0.05, 0) is 73.9 Å². The fraction of sp³-hybridized carbons (Fsp3) is 0.500. The number of hydrogen-bond donors (Lipinski definition) is 0. The van der Waals surface area contributed by atoms with Crippen molar-refractivity contribution in [2.24, 2.45) is 5.41 Å². The first-order valence-corrected chi connectivity index (χ1v) is 14.2. The first-order chi connectivity index (χ1) is 20.0. The van der Waals surface area contributed by atoms with Crippen LogP contribution in [0.25, 0.3) is 0 Å². The molecule has 0 unspecified atom stereocenters. The number of rotatable bonds is 14. The van der Waals surface area contributed by atoms with Crippen molar-refractivity contribution in [3.63, 3.8) is 0 Å². The topological polar surface area (TPSA) is 132 Å². The second-order valence-electron chi connectivity index (χ2n) is 11.0. The first-order valence-electron chi connectivity index (χ1n) is 14.2. The second-order valence-corrected chi connectivity index (χ2v) is 11.0. The van der Waals surface area contributed by atoms with Crippen LogP contribution in [-0.2, 0) is 30.3 Å². The van der Waals surface area contributed by atoms with Crippen molar-refractivity contribution in [2.75, 3.05) is 27.4 Å². The number of aryl methyl sites for hydroxylation is 1. The number of methoxy groups -OCH3 is 2. The Kier molecular flexibility index (Phi) is 11.4. The molecule has 0 N–H and O–H groups in total. The molecule has 2 atom stereocenters. The van der Waals surface area contributed by atoms with Crippen molar-refractivity contribution < 1.29 is 43.2 Å². The number of aliphatic carboxylic acids is 1. The molecular weight excluding hydrogens is 542 g/mol. The summed E-state index contributed by atoms with van der Waals surface area (Å²) in [7, 11) is 3.10. The third-order valence-electron chi connectivity index (χ3n) is 7.72. The number of likely N-dealkylation sites (tertiary alicyclic amines) is 1. The maximum absolute atomic E-state index is 13.7. The molecule has 1 aliphatic heterocycles. The van der Waals surface area contributed by atoms with Crippen LogP contribution in [0.1, 0.15) is 70.1 Å². The van der Waals surface area contributed by atoms with Gasteiger partial charge in [0.05, 0.1) is 20.2 Å². The normalized spacial score (nSPS) is 15.8. The Morgan fingerprint density at radius 2 is 1.76 bits per heavy atom. The van der Waals surface area contributed by atoms with Gasteiger partial charge in [-0.1, -0.05) is 39.0 Å². The fourth-order valence-electron chi connectivity index (χ4n) is 4.79. The van der Waals surface area contributed by atoms with E-state index in [1.54, 1.807) is 58.4 Å². The molecule has 2 aromatic carbocycles. The Balaban J connectivity index is 1.87. The first kappa shape index (κ1) is 32.4. The van der Waals surface area contributed by atoms with Crippen LogP contribution in [0.4, 0.5) is 0 Å². The average Bonchev–Trinajstić information content (AvgIpc) is 3.01. The van der Waals surface area contributed by atoms with Gasteiger partial charge in [0.25, 0.3) is 5.91 Å². The van der Waals surface area contributed by atoms with Crippen LogP contribution in [0.5, 0.6) is 17.2 Å². The van der Waals surface area contributed by atoms with E-state index in [1.807, 2.05) is 19.1 Å². The van der Waals surface area contributed by atoms with E-state index in [9.17, 15) is 24.3 Å². The number of carbonyl (C=O) groups is 4. The molecule has 10 nitrogen and oxygen atoms in total. The van der Waals surface area contributed by atoms with E-state index in [0.29, 0.717) is 55.7 Å². The molecule has 0 radical (unpaired) electrons. The zero-order valence-electron chi connectivity index (χ0n) is 25.0. The van der Waals surface area contributed by atoms with Crippen molar-refractivity contribution in [1.29, 1.82) is 0 Å². The van der Waals surface area contributed by atoms with Crippen LogP contribution < -0.4 is 19.3 Å². The van der Waals surface area contributed by atoms with E-state index in [-0.39, 0.29) is 5.75 Å². The standard InChI is InChI=1S/C32H41NO9/c1-6-32(2,3)29(36)30(37)33-17-8-7-12-24(33)31(38)42-25(22-10-9-11-23(19-22)41-20-28(34)35)15-13-21-14-16-26(39-4)27(18-21)40-5/h9-11,14,16,18-19,24-25H,6-8,12-13,15,17,20H2,1-5H3,(H,34,35)/p-1/t24-,25+/m0/s1. The molecule has 10 heteroatoms. The molecular formula is C32H40NO9-. The quantitative estimate of drug-likeness (QED) is 0.243. The van der Waals surface area contributed by atoms with Gasteiger partial charge in [-0.15, -0.1) is 0 Å². The van der Waals surface area contributed by atoms with Crippen LogP contribution in [0, 0.1) is 5.41 Å². The molecule has 228 valence electrons. The van der Waals surface area contributed by atoms with Gasteiger partial charge < -0.3 is 33.7 Å². The lowest BCUT2D eigenvalue weighted by atomic mass is 9.84. The molecule has 1 saturated heterocycles. The summed E-state index contributed by atoms with van der Waals surface area (Å²) in [4.78, 5) is 52.1. The van der Waals surface area contributed by atoms with Crippen molar-refractivity contribution in [3.05, 3.63) is 53.6 Å². The van der Waals surface area contributed by atoms with Gasteiger partial charge in [0.1, 0.15) is 24.5 Å². The molecule has 1 heterocycles. The van der Waals surface area contributed by atoms with Crippen LogP contribution in [0.2, 0.25) is 0 Å². The molecule has 1 amide bonds. The Morgan fingerprint density at radius 1 is 1.02 bits per heavy atom. The largest absolute Gasteiger partial charge is 0.546 e. The maximum atomic E-state index is 13.7. The number of piperidine rings is 1. The SMILES string of the molecule is CCC(C)(C)C(=O)C(=O)N1CCCC[C@H]1C(=O)O[C@H](CCc1ccc(OC)c(OC)c1)c1cccc(OCC(=O)[O-])c1. The van der Waals surface area contributed by atoms with Crippen LogP contribution in [0.15, 0.2) is 42.5 Å². The number of Topliss-reactive ketones (excluding diaryl/α,β-unsaturated/α-hetero) is 1. The van der Waals surface area contributed by atoms with Gasteiger partial charge in [0, 0.05) is 12.0 Å². The summed E-state index contributed by atoms with van der Waals surface area (Å²) in [6.45, 7) is 4.98. The third kappa shape index (κ3) is 8.24. The highest BCUT2D eigenvalue weighted by Gasteiger charge is 2.41. The minimum absolute atomic E-state index is 0.283. The molecule has 1 fully saturated rings. The van der Waals surface area contributed by atoms with Crippen LogP contribution >= 0.6 is 0 Å². The zero-order valence-corrected chi connectivity index (χ0v) is 25.0. The number of carboxylic acid groups (broad SMARTS) is 1. The summed E-state index contributed by atoms with van der Waals surface area (Å²) in [6.07, 6.45) is 2.41. The number of carbonyl (C=O) groups excluding carboxylic acids is 4. The van der Waals surface area contributed by atoms with Crippen molar-refractivity contribution in [2.45, 2.75) is 71.4 Å². The van der Waals surface area contributed by atoms with E-state index in [4.69, 9.17) is 18.9 Å². The molecule has 0 bridgehead atoms. The Hall–Kier alpha value is -4.08. The number of ketones is 1. The third-order valence-corrected chi connectivity index (χ3v) is 7.72. The lowest BCUT2D eigenvalue weighted by Crippen LogP contribution is -2.53. The molecule has 1 aliphatic rings. The van der Waals surface area contributed by atoms with Gasteiger partial charge in [-0.3, -0.25) is 9.59 Å². The maximum Gasteiger partial charge on any atom is 0.329 e. The average molecular weight is 583 g/mol. The summed E-state index contributed by atoms with van der Waals surface area (Å²) in [5, 5.41) is 10.9. The molecule has 0 aromatic heterocycles. The highest BCUT2D eigenvalue weighted by Crippen LogP contribution is 2.32. The van der Waals surface area contributed by atoms with E-state index in [1.165, 1.54) is 4.90 Å². The number of hydrogen-bond acceptors (Lipinski definition) is 9. The summed E-state index contributed by atoms with van der Waals surface area (Å²) < 4.78 is 22.1. The number of ether oxygens (including phenoxy) is 4. The van der Waals surface area contributed by atoms with E-state index >= 15 is 0 Å². The molecule has 42 heavy (non-hydrogen) atoms. The number of benzene rings is 2. The Morgan fingerprint density at radius 3 is 2.43 bits per heavy atom. The fourth-order valence-corrected chi connectivity index (χ4v) is 4.79. The monoisotopic (exact) mass is 582 g/mol. The molecule has 2 aromatic rings. The smallest absolute Gasteiger partial charge is 0.329 e. The van der Waals surface area contributed by atoms with Gasteiger partial charge in [-0.25, -0.2) is 4.79 Å². The number of esters is 1. The molecule has 3 rings (SSSR count). The summed E-state index contributed by atoms with van der Waals surface area (Å²) in [6, 6.07) is 11.3. The minimum atomic E-state index is -1.36. The lowest BCUT2D eigenvalue weighted by Gasteiger charge is -2.36. The van der Waals surface area contributed by atoms with Gasteiger partial charge in [0.2, 0.25) is 5.78 Å². The van der Waals surface area contributed by atoms with Crippen LogP contribution in [-0.4, -0.2) is 61.9 Å². The van der Waals surface area contributed by atoms with Gasteiger partial charge >= 0.3 is 5.97 Å². The van der Waals surface area contributed by atoms with Crippen molar-refractivity contribution in [1.82, 2.24) is 4.90 Å². The molecule has 0 saturated carbocycles. The number of carboxylic acids is 1. The summed E-state index contributed by atoms with van der Waals surface area (Å²) in [5.74, 6) is -1.70.